The van der Waals surface area contributed by atoms with Gasteiger partial charge in [0.25, 0.3) is 0 Å². The number of carbonyl (C=O) groups is 1. The summed E-state index contributed by atoms with van der Waals surface area (Å²) >= 11 is 0. The van der Waals surface area contributed by atoms with Gasteiger partial charge in [-0.2, -0.15) is 0 Å². The molecular weight excluding hydrogens is 224 g/mol. The van der Waals surface area contributed by atoms with Crippen LogP contribution in [0.25, 0.3) is 0 Å². The summed E-state index contributed by atoms with van der Waals surface area (Å²) in [6.45, 7) is 1.64. The highest BCUT2D eigenvalue weighted by atomic mass is 32.2. The summed E-state index contributed by atoms with van der Waals surface area (Å²) in [6.07, 6.45) is -0.456. The van der Waals surface area contributed by atoms with E-state index in [2.05, 4.69) is 14.4 Å². The van der Waals surface area contributed by atoms with Crippen molar-refractivity contribution in [1.82, 2.24) is 5.16 Å². The summed E-state index contributed by atoms with van der Waals surface area (Å²) in [5, 5.41) is 11.8. The molecule has 0 aliphatic heterocycles. The number of aliphatic carboxylic acids is 1. The molecule has 15 heavy (non-hydrogen) atoms. The Morgan fingerprint density at radius 2 is 2.33 bits per heavy atom. The lowest BCUT2D eigenvalue weighted by Crippen LogP contribution is -2.18. The second-order valence-corrected chi connectivity index (χ2v) is 4.74. The molecule has 0 aliphatic carbocycles. The predicted molar refractivity (Wildman–Crippen MR) is 50.9 cm³/mol. The van der Waals surface area contributed by atoms with Gasteiger partial charge in [0.1, 0.15) is 0 Å². The molecule has 0 fully saturated rings. The second kappa shape index (κ2) is 4.30. The summed E-state index contributed by atoms with van der Waals surface area (Å²) in [6, 6.07) is 1.40. The number of rotatable bonds is 5. The van der Waals surface area contributed by atoms with Crippen LogP contribution >= 0.6 is 0 Å². The fourth-order valence-electron chi connectivity index (χ4n) is 0.838. The Balaban J connectivity index is 2.60. The number of carboxylic acids is 1. The maximum absolute atomic E-state index is 11.3. The minimum Gasteiger partial charge on any atom is -0.481 e. The molecule has 0 bridgehead atoms. The SMILES string of the molecule is Cc1cc(NS(=O)(=O)CCC(=O)O)on1. The first-order valence-electron chi connectivity index (χ1n) is 4.05. The molecule has 0 atom stereocenters. The van der Waals surface area contributed by atoms with E-state index in [1.807, 2.05) is 0 Å². The van der Waals surface area contributed by atoms with Crippen LogP contribution in [0.2, 0.25) is 0 Å². The van der Waals surface area contributed by atoms with E-state index in [0.29, 0.717) is 5.69 Å². The first kappa shape index (κ1) is 11.5. The van der Waals surface area contributed by atoms with E-state index in [1.165, 1.54) is 6.07 Å². The second-order valence-electron chi connectivity index (χ2n) is 2.90. The quantitative estimate of drug-likeness (QED) is 0.753. The molecule has 8 heteroatoms. The highest BCUT2D eigenvalue weighted by Crippen LogP contribution is 2.10. The largest absolute Gasteiger partial charge is 0.481 e. The molecule has 7 nitrogen and oxygen atoms in total. The minimum atomic E-state index is -3.68. The van der Waals surface area contributed by atoms with Crippen molar-refractivity contribution < 1.29 is 22.8 Å². The van der Waals surface area contributed by atoms with Crippen molar-refractivity contribution in [3.8, 4) is 0 Å². The lowest BCUT2D eigenvalue weighted by Gasteiger charge is -2.01. The molecule has 0 unspecified atom stereocenters. The molecule has 0 amide bonds. The molecule has 1 heterocycles. The van der Waals surface area contributed by atoms with E-state index < -0.39 is 28.2 Å². The van der Waals surface area contributed by atoms with Crippen LogP contribution in [0.4, 0.5) is 5.88 Å². The number of nitrogens with one attached hydrogen (secondary N) is 1. The van der Waals surface area contributed by atoms with Gasteiger partial charge in [0.2, 0.25) is 15.9 Å². The minimum absolute atomic E-state index is 0.0158. The predicted octanol–water partition coefficient (Wildman–Crippen LogP) is 0.199. The van der Waals surface area contributed by atoms with E-state index in [-0.39, 0.29) is 5.88 Å². The van der Waals surface area contributed by atoms with Gasteiger partial charge in [-0.1, -0.05) is 5.16 Å². The van der Waals surface area contributed by atoms with Crippen LogP contribution in [0, 0.1) is 6.92 Å². The van der Waals surface area contributed by atoms with Crippen molar-refractivity contribution in [3.63, 3.8) is 0 Å². The van der Waals surface area contributed by atoms with Gasteiger partial charge < -0.3 is 9.63 Å². The molecule has 84 valence electrons. The van der Waals surface area contributed by atoms with Crippen molar-refractivity contribution in [2.24, 2.45) is 0 Å². The third kappa shape index (κ3) is 3.98. The Kier molecular flexibility index (Phi) is 3.30. The lowest BCUT2D eigenvalue weighted by molar-refractivity contribution is -0.136. The van der Waals surface area contributed by atoms with Gasteiger partial charge in [0.05, 0.1) is 17.9 Å². The average Bonchev–Trinajstić information content (AvgIpc) is 2.47. The summed E-state index contributed by atoms with van der Waals surface area (Å²) in [4.78, 5) is 10.2. The van der Waals surface area contributed by atoms with E-state index in [4.69, 9.17) is 5.11 Å². The Hall–Kier alpha value is -1.57. The molecular formula is C7H10N2O5S. The number of sulfonamides is 1. The molecule has 0 radical (unpaired) electrons. The van der Waals surface area contributed by atoms with E-state index in [1.54, 1.807) is 6.92 Å². The number of aryl methyl sites for hydroxylation is 1. The van der Waals surface area contributed by atoms with Gasteiger partial charge in [0.15, 0.2) is 0 Å². The Morgan fingerprint density at radius 3 is 2.80 bits per heavy atom. The number of aromatic nitrogens is 1. The highest BCUT2D eigenvalue weighted by Gasteiger charge is 2.14. The monoisotopic (exact) mass is 234 g/mol. The summed E-state index contributed by atoms with van der Waals surface area (Å²) in [7, 11) is -3.68. The number of hydrogen-bond acceptors (Lipinski definition) is 5. The molecule has 1 aromatic rings. The molecule has 2 N–H and O–H groups in total. The number of nitrogens with zero attached hydrogens (tertiary/aromatic N) is 1. The molecule has 0 saturated heterocycles. The molecule has 0 aliphatic rings. The summed E-state index contributed by atoms with van der Waals surface area (Å²) in [5.41, 5.74) is 0.533. The normalized spacial score (nSPS) is 11.3. The van der Waals surface area contributed by atoms with Gasteiger partial charge in [-0.3, -0.25) is 9.52 Å². The topological polar surface area (TPSA) is 110 Å². The van der Waals surface area contributed by atoms with Crippen molar-refractivity contribution in [3.05, 3.63) is 11.8 Å². The van der Waals surface area contributed by atoms with Crippen LogP contribution in [0.1, 0.15) is 12.1 Å². The van der Waals surface area contributed by atoms with Crippen LogP contribution in [-0.2, 0) is 14.8 Å². The summed E-state index contributed by atoms with van der Waals surface area (Å²) in [5.74, 6) is -1.69. The van der Waals surface area contributed by atoms with Gasteiger partial charge >= 0.3 is 5.97 Å². The average molecular weight is 234 g/mol. The van der Waals surface area contributed by atoms with Crippen molar-refractivity contribution in [1.29, 1.82) is 0 Å². The zero-order valence-electron chi connectivity index (χ0n) is 7.93. The van der Waals surface area contributed by atoms with Crippen molar-refractivity contribution in [2.75, 3.05) is 10.5 Å². The number of hydrogen-bond donors (Lipinski definition) is 2. The van der Waals surface area contributed by atoms with Gasteiger partial charge in [0, 0.05) is 6.07 Å². The van der Waals surface area contributed by atoms with Crippen LogP contribution in [0.15, 0.2) is 10.6 Å². The van der Waals surface area contributed by atoms with E-state index in [9.17, 15) is 13.2 Å². The van der Waals surface area contributed by atoms with Gasteiger partial charge in [-0.15, -0.1) is 0 Å². The summed E-state index contributed by atoms with van der Waals surface area (Å²) < 4.78 is 29.2. The highest BCUT2D eigenvalue weighted by molar-refractivity contribution is 7.92. The zero-order valence-corrected chi connectivity index (χ0v) is 8.74. The van der Waals surface area contributed by atoms with Crippen molar-refractivity contribution in [2.45, 2.75) is 13.3 Å². The Morgan fingerprint density at radius 1 is 1.67 bits per heavy atom. The molecule has 0 spiro atoms. The third-order valence-corrected chi connectivity index (χ3v) is 2.72. The molecule has 0 aromatic carbocycles. The van der Waals surface area contributed by atoms with Crippen LogP contribution in [0.3, 0.4) is 0 Å². The van der Waals surface area contributed by atoms with E-state index >= 15 is 0 Å². The fourth-order valence-corrected chi connectivity index (χ4v) is 1.79. The van der Waals surface area contributed by atoms with Crippen molar-refractivity contribution >= 4 is 21.9 Å². The first-order valence-corrected chi connectivity index (χ1v) is 5.70. The van der Waals surface area contributed by atoms with Crippen LogP contribution < -0.4 is 4.72 Å². The van der Waals surface area contributed by atoms with Crippen LogP contribution in [0.5, 0.6) is 0 Å². The first-order chi connectivity index (χ1) is 6.89. The molecule has 1 aromatic heterocycles. The smallest absolute Gasteiger partial charge is 0.304 e. The lowest BCUT2D eigenvalue weighted by atomic mass is 10.5. The van der Waals surface area contributed by atoms with Gasteiger partial charge in [-0.05, 0) is 6.92 Å². The molecule has 0 saturated carbocycles. The van der Waals surface area contributed by atoms with E-state index in [0.717, 1.165) is 0 Å². The third-order valence-electron chi connectivity index (χ3n) is 1.47. The molecule has 1 rings (SSSR count). The number of anilines is 1. The zero-order chi connectivity index (χ0) is 11.5. The number of carboxylic acid groups (broad SMARTS) is 1. The fraction of sp³-hybridized carbons (Fsp3) is 0.429. The standard InChI is InChI=1S/C7H10N2O5S/c1-5-4-6(14-8-5)9-15(12,13)3-2-7(10)11/h4,9H,2-3H2,1H3,(H,10,11). The van der Waals surface area contributed by atoms with Gasteiger partial charge in [-0.25, -0.2) is 8.42 Å². The maximum Gasteiger partial charge on any atom is 0.304 e. The van der Waals surface area contributed by atoms with Crippen LogP contribution in [-0.4, -0.2) is 30.4 Å². The Labute approximate surface area is 86.1 Å². The Bertz CT molecular complexity index is 450. The maximum atomic E-state index is 11.3.